The van der Waals surface area contributed by atoms with E-state index < -0.39 is 7.82 Å². The van der Waals surface area contributed by atoms with Crippen molar-refractivity contribution in [3.8, 4) is 11.5 Å². The number of phosphoric ester groups is 1. The number of rotatable bonds is 9. The molecule has 0 heterocycles. The maximum absolute atomic E-state index is 12.7. The smallest absolute Gasteiger partial charge is 0.736 e. The van der Waals surface area contributed by atoms with Crippen molar-refractivity contribution in [2.24, 2.45) is 0 Å². The third-order valence-electron chi connectivity index (χ3n) is 4.75. The van der Waals surface area contributed by atoms with Crippen molar-refractivity contribution >= 4 is 19.4 Å². The van der Waals surface area contributed by atoms with Crippen LogP contribution in [0.25, 0.3) is 0 Å². The van der Waals surface area contributed by atoms with E-state index >= 15 is 0 Å². The molecule has 3 rings (SSSR count). The molecular weight excluding hydrogens is 450 g/mol. The minimum Gasteiger partial charge on any atom is -0.736 e. The molecule has 8 heteroatoms. The maximum Gasteiger partial charge on any atom is 1.00 e. The maximum atomic E-state index is 12.7. The fourth-order valence-electron chi connectivity index (χ4n) is 3.33. The third kappa shape index (κ3) is 7.66. The molecule has 0 N–H and O–H groups in total. The first-order chi connectivity index (χ1) is 15.2. The van der Waals surface area contributed by atoms with Gasteiger partial charge < -0.3 is 13.9 Å². The van der Waals surface area contributed by atoms with Crippen LogP contribution in [0.1, 0.15) is 50.8 Å². The van der Waals surface area contributed by atoms with Crippen molar-refractivity contribution in [3.63, 3.8) is 0 Å². The molecule has 0 radical (unpaired) electrons. The van der Waals surface area contributed by atoms with Gasteiger partial charge in [0.2, 0.25) is 0 Å². The molecule has 0 bridgehead atoms. The second kappa shape index (κ2) is 11.8. The summed E-state index contributed by atoms with van der Waals surface area (Å²) in [5, 5.41) is 0. The molecule has 3 aromatic rings. The van der Waals surface area contributed by atoms with Crippen molar-refractivity contribution in [1.29, 1.82) is 0 Å². The summed E-state index contributed by atoms with van der Waals surface area (Å²) < 4.78 is 22.8. The van der Waals surface area contributed by atoms with Crippen molar-refractivity contribution in [2.45, 2.75) is 33.6 Å². The molecule has 1 unspecified atom stereocenters. The van der Waals surface area contributed by atoms with Crippen LogP contribution < -0.4 is 43.5 Å². The summed E-state index contributed by atoms with van der Waals surface area (Å²) in [5.74, 6) is -0.583. The number of aryl methyl sites for hydroxylation is 2. The van der Waals surface area contributed by atoms with Gasteiger partial charge in [0.1, 0.15) is 11.5 Å². The predicted molar refractivity (Wildman–Crippen MR) is 120 cm³/mol. The Morgan fingerprint density at radius 1 is 0.879 bits per heavy atom. The molecule has 0 spiro atoms. The summed E-state index contributed by atoms with van der Waals surface area (Å²) in [6.07, 6.45) is 0.282. The quantitative estimate of drug-likeness (QED) is 0.268. The number of phosphoric acid groups is 1. The van der Waals surface area contributed by atoms with Crippen LogP contribution in [0, 0.1) is 13.8 Å². The molecule has 0 saturated heterocycles. The molecule has 0 aromatic heterocycles. The zero-order chi connectivity index (χ0) is 23.3. The number of hydrogen-bond donors (Lipinski definition) is 0. The van der Waals surface area contributed by atoms with Crippen LogP contribution >= 0.6 is 7.82 Å². The van der Waals surface area contributed by atoms with Gasteiger partial charge in [-0.05, 0) is 60.9 Å². The van der Waals surface area contributed by atoms with Crippen LogP contribution in [0.3, 0.4) is 0 Å². The topological polar surface area (TPSA) is 92.7 Å². The second-order valence-electron chi connectivity index (χ2n) is 7.53. The molecule has 0 aliphatic rings. The van der Waals surface area contributed by atoms with Crippen LogP contribution in [0.5, 0.6) is 11.5 Å². The van der Waals surface area contributed by atoms with Crippen LogP contribution in [0.2, 0.25) is 0 Å². The van der Waals surface area contributed by atoms with E-state index in [1.54, 1.807) is 19.1 Å². The van der Waals surface area contributed by atoms with E-state index in [0.29, 0.717) is 5.56 Å². The summed E-state index contributed by atoms with van der Waals surface area (Å²) in [4.78, 5) is 37.7. The van der Waals surface area contributed by atoms with Gasteiger partial charge in [0.25, 0.3) is 0 Å². The third-order valence-corrected chi connectivity index (χ3v) is 5.61. The van der Waals surface area contributed by atoms with Gasteiger partial charge in [0.05, 0.1) is 5.56 Å². The predicted octanol–water partition coefficient (Wildman–Crippen LogP) is 2.25. The van der Waals surface area contributed by atoms with Gasteiger partial charge in [-0.2, -0.15) is 0 Å². The number of carbonyl (C=O) groups is 2. The van der Waals surface area contributed by atoms with E-state index in [0.717, 1.165) is 16.7 Å². The van der Waals surface area contributed by atoms with Crippen molar-refractivity contribution in [1.82, 2.24) is 0 Å². The van der Waals surface area contributed by atoms with Gasteiger partial charge in [0, 0.05) is 18.4 Å². The molecular formula is C25H24NaO6P. The Morgan fingerprint density at radius 2 is 1.52 bits per heavy atom. The Hall–Kier alpha value is -2.21. The second-order valence-corrected chi connectivity index (χ2v) is 8.79. The average molecular weight is 474 g/mol. The van der Waals surface area contributed by atoms with E-state index in [9.17, 15) is 19.0 Å². The van der Waals surface area contributed by atoms with E-state index in [-0.39, 0.29) is 71.0 Å². The Kier molecular flexibility index (Phi) is 9.65. The van der Waals surface area contributed by atoms with E-state index in [2.05, 4.69) is 0 Å². The van der Waals surface area contributed by atoms with Crippen LogP contribution in [0.15, 0.2) is 66.7 Å². The molecule has 0 aliphatic carbocycles. The monoisotopic (exact) mass is 474 g/mol. The fourth-order valence-corrected chi connectivity index (χ4v) is 4.13. The number of hydrogen-bond acceptors (Lipinski definition) is 6. The van der Waals surface area contributed by atoms with Gasteiger partial charge in [-0.1, -0.05) is 43.3 Å². The molecule has 0 aliphatic heterocycles. The molecule has 6 nitrogen and oxygen atoms in total. The molecule has 0 fully saturated rings. The molecule has 1 atom stereocenters. The first-order valence-electron chi connectivity index (χ1n) is 10.2. The number of benzene rings is 3. The Labute approximate surface area is 215 Å². The van der Waals surface area contributed by atoms with E-state index in [1.807, 2.05) is 50.2 Å². The van der Waals surface area contributed by atoms with Crippen molar-refractivity contribution < 1.29 is 57.7 Å². The zero-order valence-corrected chi connectivity index (χ0v) is 22.1. The van der Waals surface area contributed by atoms with Gasteiger partial charge in [-0.25, -0.2) is 4.57 Å². The minimum absolute atomic E-state index is 0. The van der Waals surface area contributed by atoms with Crippen molar-refractivity contribution in [3.05, 3.63) is 94.5 Å². The van der Waals surface area contributed by atoms with Gasteiger partial charge in [-0.3, -0.25) is 9.59 Å². The van der Waals surface area contributed by atoms with Gasteiger partial charge in [0.15, 0.2) is 11.6 Å². The van der Waals surface area contributed by atoms with Crippen molar-refractivity contribution in [2.75, 3.05) is 0 Å². The number of Topliss-reactive ketones (excluding diaryl/α,β-unsaturated/α-hetero) is 2. The summed E-state index contributed by atoms with van der Waals surface area (Å²) in [5.41, 5.74) is 2.83. The van der Waals surface area contributed by atoms with Crippen LogP contribution in [-0.4, -0.2) is 11.6 Å². The Bertz CT molecular complexity index is 1170. The molecule has 33 heavy (non-hydrogen) atoms. The molecule has 166 valence electrons. The number of ketones is 2. The Balaban J connectivity index is 0.00000385. The standard InChI is InChI=1S/C25H25O6P.Na/c1-4-23(26)22-16-20(24(27)15-19-8-6-5-7-9-19)10-11-25(22)31-32(28,29)30-21-13-17(2)12-18(3)14-21;/h5-14,16H,4,15H2,1-3H3,(H,28,29);/q;+1/p-1. The van der Waals surface area contributed by atoms with Gasteiger partial charge in [-0.15, -0.1) is 0 Å². The van der Waals surface area contributed by atoms with E-state index in [4.69, 9.17) is 9.05 Å². The normalized spacial score (nSPS) is 12.2. The first-order valence-corrected chi connectivity index (χ1v) is 11.7. The molecule has 0 saturated carbocycles. The minimum atomic E-state index is -4.83. The number of carbonyl (C=O) groups excluding carboxylic acids is 2. The van der Waals surface area contributed by atoms with Gasteiger partial charge >= 0.3 is 37.4 Å². The Morgan fingerprint density at radius 3 is 2.12 bits per heavy atom. The molecule has 0 amide bonds. The molecule has 3 aromatic carbocycles. The largest absolute Gasteiger partial charge is 1.00 e. The summed E-state index contributed by atoms with van der Waals surface area (Å²) in [7, 11) is -4.83. The summed E-state index contributed by atoms with van der Waals surface area (Å²) in [6.45, 7) is 5.28. The first kappa shape index (κ1) is 27.0. The average Bonchev–Trinajstić information content (AvgIpc) is 2.72. The van der Waals surface area contributed by atoms with Crippen LogP contribution in [-0.2, 0) is 11.0 Å². The fraction of sp³-hybridized carbons (Fsp3) is 0.200. The summed E-state index contributed by atoms with van der Waals surface area (Å²) >= 11 is 0. The van der Waals surface area contributed by atoms with Crippen LogP contribution in [0.4, 0.5) is 0 Å². The van der Waals surface area contributed by atoms with E-state index in [1.165, 1.54) is 18.2 Å². The SMILES string of the molecule is CCC(=O)c1cc(C(=O)Cc2ccccc2)ccc1OP(=O)([O-])Oc1cc(C)cc(C)c1.[Na+]. The zero-order valence-electron chi connectivity index (χ0n) is 19.2. The summed E-state index contributed by atoms with van der Waals surface area (Å²) in [6, 6.07) is 18.4.